The number of nitrogens with one attached hydrogen (secondary N) is 1. The molecule has 7 nitrogen and oxygen atoms in total. The molecule has 0 unspecified atom stereocenters. The van der Waals surface area contributed by atoms with Crippen molar-refractivity contribution in [3.63, 3.8) is 0 Å². The van der Waals surface area contributed by atoms with E-state index in [1.807, 2.05) is 0 Å². The first-order chi connectivity index (χ1) is 9.90. The number of rotatable bonds is 4. The normalized spacial score (nSPS) is 16.4. The monoisotopic (exact) mass is 378 g/mol. The summed E-state index contributed by atoms with van der Waals surface area (Å²) in [6.07, 6.45) is 0. The topological polar surface area (TPSA) is 84.9 Å². The van der Waals surface area contributed by atoms with Crippen LogP contribution in [0.4, 0.5) is 0 Å². The molecule has 0 radical (unpaired) electrons. The number of carbonyl (C=O) groups is 1. The van der Waals surface area contributed by atoms with Gasteiger partial charge in [0.2, 0.25) is 15.9 Å². The van der Waals surface area contributed by atoms with Crippen molar-refractivity contribution >= 4 is 31.9 Å². The second-order valence-electron chi connectivity index (χ2n) is 4.33. The predicted octanol–water partition coefficient (Wildman–Crippen LogP) is 0.587. The van der Waals surface area contributed by atoms with E-state index >= 15 is 0 Å². The highest BCUT2D eigenvalue weighted by atomic mass is 79.9. The summed E-state index contributed by atoms with van der Waals surface area (Å²) in [6.45, 7) is 0.334. The van der Waals surface area contributed by atoms with E-state index in [4.69, 9.17) is 9.47 Å². The van der Waals surface area contributed by atoms with E-state index in [9.17, 15) is 13.2 Å². The van der Waals surface area contributed by atoms with Gasteiger partial charge < -0.3 is 14.8 Å². The highest BCUT2D eigenvalue weighted by molar-refractivity contribution is 9.10. The lowest BCUT2D eigenvalue weighted by molar-refractivity contribution is -0.122. The molecule has 2 rings (SSSR count). The van der Waals surface area contributed by atoms with Crippen LogP contribution in [0.25, 0.3) is 0 Å². The van der Waals surface area contributed by atoms with Crippen LogP contribution in [-0.2, 0) is 14.8 Å². The Balaban J connectivity index is 2.46. The van der Waals surface area contributed by atoms with Crippen molar-refractivity contribution in [1.29, 1.82) is 0 Å². The number of halogens is 1. The van der Waals surface area contributed by atoms with Crippen molar-refractivity contribution in [2.45, 2.75) is 4.90 Å². The highest BCUT2D eigenvalue weighted by Crippen LogP contribution is 2.36. The molecule has 1 N–H and O–H groups in total. The highest BCUT2D eigenvalue weighted by Gasteiger charge is 2.31. The third kappa shape index (κ3) is 3.14. The zero-order valence-corrected chi connectivity index (χ0v) is 14.0. The van der Waals surface area contributed by atoms with E-state index in [-0.39, 0.29) is 23.9 Å². The van der Waals surface area contributed by atoms with Gasteiger partial charge in [0.1, 0.15) is 4.90 Å². The largest absolute Gasteiger partial charge is 0.493 e. The minimum Gasteiger partial charge on any atom is -0.493 e. The van der Waals surface area contributed by atoms with Crippen LogP contribution in [0.2, 0.25) is 0 Å². The maximum atomic E-state index is 12.6. The predicted molar refractivity (Wildman–Crippen MR) is 79.0 cm³/mol. The van der Waals surface area contributed by atoms with E-state index in [2.05, 4.69) is 21.2 Å². The van der Waals surface area contributed by atoms with Crippen LogP contribution in [0.1, 0.15) is 0 Å². The molecule has 0 aromatic heterocycles. The maximum absolute atomic E-state index is 12.6. The summed E-state index contributed by atoms with van der Waals surface area (Å²) in [7, 11) is -0.900. The first-order valence-electron chi connectivity index (χ1n) is 6.08. The zero-order valence-electron chi connectivity index (χ0n) is 11.6. The first-order valence-corrected chi connectivity index (χ1v) is 8.32. The van der Waals surface area contributed by atoms with Gasteiger partial charge in [0, 0.05) is 23.6 Å². The summed E-state index contributed by atoms with van der Waals surface area (Å²) in [4.78, 5) is 11.4. The van der Waals surface area contributed by atoms with Crippen molar-refractivity contribution in [2.75, 3.05) is 33.9 Å². The van der Waals surface area contributed by atoms with E-state index in [0.29, 0.717) is 22.5 Å². The number of benzene rings is 1. The molecule has 0 atom stereocenters. The van der Waals surface area contributed by atoms with E-state index in [1.165, 1.54) is 26.4 Å². The molecule has 1 amide bonds. The Hall–Kier alpha value is -1.32. The van der Waals surface area contributed by atoms with Crippen molar-refractivity contribution in [1.82, 2.24) is 9.62 Å². The molecule has 1 aliphatic heterocycles. The number of sulfonamides is 1. The smallest absolute Gasteiger partial charge is 0.244 e. The number of nitrogens with zero attached hydrogens (tertiary/aromatic N) is 1. The Labute approximate surface area is 131 Å². The SMILES string of the molecule is COc1cc(Br)c(S(=O)(=O)N2CCNC(=O)C2)cc1OC. The lowest BCUT2D eigenvalue weighted by atomic mass is 10.3. The minimum atomic E-state index is -3.79. The lowest BCUT2D eigenvalue weighted by Crippen LogP contribution is -2.49. The number of ether oxygens (including phenoxy) is 2. The fraction of sp³-hybridized carbons (Fsp3) is 0.417. The van der Waals surface area contributed by atoms with Crippen LogP contribution in [0, 0.1) is 0 Å². The van der Waals surface area contributed by atoms with Gasteiger partial charge in [-0.05, 0) is 22.0 Å². The molecule has 0 bridgehead atoms. The Kier molecular flexibility index (Phi) is 4.74. The third-order valence-corrected chi connectivity index (χ3v) is 5.86. The van der Waals surface area contributed by atoms with Crippen LogP contribution in [0.5, 0.6) is 11.5 Å². The molecule has 1 saturated heterocycles. The molecule has 1 aromatic carbocycles. The van der Waals surface area contributed by atoms with Crippen LogP contribution >= 0.6 is 15.9 Å². The number of hydrogen-bond donors (Lipinski definition) is 1. The van der Waals surface area contributed by atoms with Crippen molar-refractivity contribution in [2.24, 2.45) is 0 Å². The molecule has 1 fully saturated rings. The van der Waals surface area contributed by atoms with Gasteiger partial charge in [0.25, 0.3) is 0 Å². The van der Waals surface area contributed by atoms with Crippen LogP contribution < -0.4 is 14.8 Å². The molecule has 0 aliphatic carbocycles. The Bertz CT molecular complexity index is 662. The molecular weight excluding hydrogens is 364 g/mol. The van der Waals surface area contributed by atoms with Gasteiger partial charge in [-0.3, -0.25) is 4.79 Å². The van der Waals surface area contributed by atoms with Crippen molar-refractivity contribution in [3.8, 4) is 11.5 Å². The molecule has 0 saturated carbocycles. The Morgan fingerprint density at radius 3 is 2.43 bits per heavy atom. The van der Waals surface area contributed by atoms with Gasteiger partial charge in [-0.15, -0.1) is 0 Å². The van der Waals surface area contributed by atoms with Gasteiger partial charge >= 0.3 is 0 Å². The summed E-state index contributed by atoms with van der Waals surface area (Å²) >= 11 is 3.23. The number of piperazine rings is 1. The summed E-state index contributed by atoms with van der Waals surface area (Å²) in [6, 6.07) is 2.90. The van der Waals surface area contributed by atoms with E-state index in [1.54, 1.807) is 0 Å². The molecule has 1 heterocycles. The number of methoxy groups -OCH3 is 2. The summed E-state index contributed by atoms with van der Waals surface area (Å²) in [5, 5.41) is 2.59. The first kappa shape index (κ1) is 16.1. The van der Waals surface area contributed by atoms with Crippen molar-refractivity contribution in [3.05, 3.63) is 16.6 Å². The molecule has 21 heavy (non-hydrogen) atoms. The molecule has 116 valence electrons. The Morgan fingerprint density at radius 1 is 1.24 bits per heavy atom. The average molecular weight is 379 g/mol. The maximum Gasteiger partial charge on any atom is 0.244 e. The molecule has 1 aliphatic rings. The van der Waals surface area contributed by atoms with Crippen LogP contribution in [0.3, 0.4) is 0 Å². The molecule has 1 aromatic rings. The summed E-state index contributed by atoms with van der Waals surface area (Å²) < 4.78 is 37.0. The van der Waals surface area contributed by atoms with Gasteiger partial charge in [0.05, 0.1) is 20.8 Å². The second kappa shape index (κ2) is 6.20. The second-order valence-corrected chi connectivity index (χ2v) is 7.09. The lowest BCUT2D eigenvalue weighted by Gasteiger charge is -2.26. The summed E-state index contributed by atoms with van der Waals surface area (Å²) in [5.74, 6) is 0.405. The minimum absolute atomic E-state index is 0.0369. The van der Waals surface area contributed by atoms with Gasteiger partial charge in [0.15, 0.2) is 11.5 Å². The van der Waals surface area contributed by atoms with Gasteiger partial charge in [-0.25, -0.2) is 8.42 Å². The van der Waals surface area contributed by atoms with E-state index in [0.717, 1.165) is 4.31 Å². The zero-order chi connectivity index (χ0) is 15.6. The van der Waals surface area contributed by atoms with E-state index < -0.39 is 10.0 Å². The fourth-order valence-electron chi connectivity index (χ4n) is 1.99. The average Bonchev–Trinajstić information content (AvgIpc) is 2.46. The molecular formula is C12H15BrN2O5S. The third-order valence-electron chi connectivity index (χ3n) is 3.06. The van der Waals surface area contributed by atoms with Gasteiger partial charge in [-0.2, -0.15) is 4.31 Å². The van der Waals surface area contributed by atoms with Gasteiger partial charge in [-0.1, -0.05) is 0 Å². The number of carbonyl (C=O) groups excluding carboxylic acids is 1. The quantitative estimate of drug-likeness (QED) is 0.828. The van der Waals surface area contributed by atoms with Crippen LogP contribution in [-0.4, -0.2) is 52.5 Å². The van der Waals surface area contributed by atoms with Crippen molar-refractivity contribution < 1.29 is 22.7 Å². The molecule has 0 spiro atoms. The fourth-order valence-corrected chi connectivity index (χ4v) is 4.39. The number of amides is 1. The number of hydrogen-bond acceptors (Lipinski definition) is 5. The summed E-state index contributed by atoms with van der Waals surface area (Å²) in [5.41, 5.74) is 0. The Morgan fingerprint density at radius 2 is 1.86 bits per heavy atom. The van der Waals surface area contributed by atoms with Crippen LogP contribution in [0.15, 0.2) is 21.5 Å². The standard InChI is InChI=1S/C12H15BrN2O5S/c1-19-9-5-8(13)11(6-10(9)20-2)21(17,18)15-4-3-14-12(16)7-15/h5-6H,3-4,7H2,1-2H3,(H,14,16). The molecule has 9 heteroatoms.